The van der Waals surface area contributed by atoms with Crippen molar-refractivity contribution >= 4 is 22.4 Å². The highest BCUT2D eigenvalue weighted by Crippen LogP contribution is 2.28. The lowest BCUT2D eigenvalue weighted by Crippen LogP contribution is -2.44. The van der Waals surface area contributed by atoms with Gasteiger partial charge in [0, 0.05) is 54.1 Å². The van der Waals surface area contributed by atoms with E-state index in [1.165, 1.54) is 18.3 Å². The summed E-state index contributed by atoms with van der Waals surface area (Å²) in [6, 6.07) is 8.31. The minimum absolute atomic E-state index is 0.0156. The lowest BCUT2D eigenvalue weighted by Gasteiger charge is -2.11. The van der Waals surface area contributed by atoms with Crippen molar-refractivity contribution in [3.05, 3.63) is 88.1 Å². The Morgan fingerprint density at radius 2 is 1.78 bits per heavy atom. The van der Waals surface area contributed by atoms with E-state index in [1.807, 2.05) is 0 Å². The van der Waals surface area contributed by atoms with E-state index in [-0.39, 0.29) is 35.6 Å². The molecule has 0 radical (unpaired) electrons. The molecule has 4 aromatic rings. The summed E-state index contributed by atoms with van der Waals surface area (Å²) in [5, 5.41) is 4.40. The summed E-state index contributed by atoms with van der Waals surface area (Å²) in [6.45, 7) is -0.0156. The van der Waals surface area contributed by atoms with Crippen molar-refractivity contribution in [2.75, 3.05) is 6.54 Å². The fourth-order valence-electron chi connectivity index (χ4n) is 4.23. The highest BCUT2D eigenvalue weighted by atomic mass is 19.1. The Bertz CT molecular complexity index is 1500. The Morgan fingerprint density at radius 3 is 2.53 bits per heavy atom. The second kappa shape index (κ2) is 7.40. The van der Waals surface area contributed by atoms with Gasteiger partial charge in [0.2, 0.25) is 0 Å². The van der Waals surface area contributed by atoms with Crippen LogP contribution >= 0.6 is 0 Å². The van der Waals surface area contributed by atoms with Gasteiger partial charge in [-0.05, 0) is 29.1 Å². The van der Waals surface area contributed by atoms with Gasteiger partial charge >= 0.3 is 0 Å². The molecule has 0 spiro atoms. The summed E-state index contributed by atoms with van der Waals surface area (Å²) in [6.07, 6.45) is 3.24. The largest absolute Gasteiger partial charge is 0.385 e. The van der Waals surface area contributed by atoms with Crippen LogP contribution in [0.1, 0.15) is 11.3 Å². The molecule has 0 aliphatic carbocycles. The Kier molecular flexibility index (Phi) is 4.65. The fraction of sp³-hybridized carbons (Fsp3) is 0.125. The van der Waals surface area contributed by atoms with E-state index < -0.39 is 17.5 Å². The van der Waals surface area contributed by atoms with Crippen molar-refractivity contribution < 1.29 is 17.6 Å². The number of halogens is 4. The van der Waals surface area contributed by atoms with Crippen LogP contribution in [0.15, 0.2) is 48.8 Å². The van der Waals surface area contributed by atoms with E-state index in [4.69, 9.17) is 5.73 Å². The average molecular weight is 438 g/mol. The third-order valence-electron chi connectivity index (χ3n) is 5.63. The number of nitrogens with zero attached hydrogens (tertiary/aromatic N) is 2. The first-order valence-electron chi connectivity index (χ1n) is 9.92. The molecule has 0 amide bonds. The van der Waals surface area contributed by atoms with Crippen molar-refractivity contribution in [1.29, 1.82) is 0 Å². The van der Waals surface area contributed by atoms with Gasteiger partial charge in [-0.3, -0.25) is 4.98 Å². The monoisotopic (exact) mass is 438 g/mol. The number of benzene rings is 2. The Labute approximate surface area is 180 Å². The number of hydrogen-bond donors (Lipinski definition) is 2. The van der Waals surface area contributed by atoms with Crippen LogP contribution in [0.5, 0.6) is 0 Å². The van der Waals surface area contributed by atoms with Gasteiger partial charge in [0.15, 0.2) is 0 Å². The number of nitrogens with one attached hydrogen (secondary N) is 1. The lowest BCUT2D eigenvalue weighted by atomic mass is 10.00. The highest BCUT2D eigenvalue weighted by Gasteiger charge is 2.19. The molecule has 0 fully saturated rings. The van der Waals surface area contributed by atoms with Crippen LogP contribution in [-0.2, 0) is 13.5 Å². The number of nitrogens with two attached hydrogens (primary N) is 1. The molecule has 0 unspecified atom stereocenters. The zero-order valence-corrected chi connectivity index (χ0v) is 17.0. The van der Waals surface area contributed by atoms with Crippen LogP contribution in [0, 0.1) is 17.5 Å². The predicted molar refractivity (Wildman–Crippen MR) is 115 cm³/mol. The molecular formula is C24H18F4N4. The third kappa shape index (κ3) is 3.28. The molecule has 162 valence electrons. The maximum absolute atomic E-state index is 15.5. The van der Waals surface area contributed by atoms with Crippen molar-refractivity contribution in [3.8, 4) is 11.1 Å². The second-order valence-electron chi connectivity index (χ2n) is 7.83. The van der Waals surface area contributed by atoms with Gasteiger partial charge in [-0.2, -0.15) is 0 Å². The summed E-state index contributed by atoms with van der Waals surface area (Å²) in [5.41, 5.74) is 7.78. The van der Waals surface area contributed by atoms with Crippen LogP contribution in [0.25, 0.3) is 33.5 Å². The van der Waals surface area contributed by atoms with Crippen LogP contribution in [0.3, 0.4) is 0 Å². The maximum Gasteiger partial charge on any atom is 0.143 e. The van der Waals surface area contributed by atoms with Crippen molar-refractivity contribution in [2.45, 2.75) is 6.42 Å². The van der Waals surface area contributed by atoms with Gasteiger partial charge in [0.05, 0.1) is 17.1 Å². The molecule has 8 heteroatoms. The first-order valence-corrected chi connectivity index (χ1v) is 9.92. The van der Waals surface area contributed by atoms with E-state index in [0.717, 1.165) is 6.07 Å². The van der Waals surface area contributed by atoms with Crippen LogP contribution in [0.4, 0.5) is 17.6 Å². The standard InChI is InChI=1S/C24H18F4N4/c1-32-11-19(21-23(32)20(27)10-31-24(21)29)17-3-2-13-7-16(30-9-18(13)22(17)28)6-12-4-14(25)8-15(26)5-12/h2-5,7-9,11,31H,6,10,29H2,1H3. The zero-order valence-electron chi connectivity index (χ0n) is 17.0. The highest BCUT2D eigenvalue weighted by molar-refractivity contribution is 5.88. The van der Waals surface area contributed by atoms with E-state index in [1.54, 1.807) is 36.0 Å². The minimum atomic E-state index is -0.665. The molecule has 5 rings (SSSR count). The number of aryl methyl sites for hydroxylation is 1. The van der Waals surface area contributed by atoms with E-state index in [0.29, 0.717) is 32.8 Å². The zero-order chi connectivity index (χ0) is 22.6. The van der Waals surface area contributed by atoms with E-state index >= 15 is 4.39 Å². The summed E-state index contributed by atoms with van der Waals surface area (Å²) >= 11 is 0. The number of rotatable bonds is 3. The summed E-state index contributed by atoms with van der Waals surface area (Å²) in [4.78, 5) is 4.28. The molecule has 1 aliphatic heterocycles. The summed E-state index contributed by atoms with van der Waals surface area (Å²) in [5.74, 6) is -1.93. The Morgan fingerprint density at radius 1 is 1.03 bits per heavy atom. The van der Waals surface area contributed by atoms with Gasteiger partial charge in [-0.1, -0.05) is 12.1 Å². The molecule has 0 saturated heterocycles. The van der Waals surface area contributed by atoms with Gasteiger partial charge in [-0.25, -0.2) is 17.6 Å². The first-order chi connectivity index (χ1) is 15.3. The lowest BCUT2D eigenvalue weighted by molar-refractivity contribution is 0.580. The maximum atomic E-state index is 15.5. The van der Waals surface area contributed by atoms with Gasteiger partial charge in [0.1, 0.15) is 29.1 Å². The molecular weight excluding hydrogens is 420 g/mol. The van der Waals surface area contributed by atoms with Gasteiger partial charge in [-0.15, -0.1) is 0 Å². The normalized spacial score (nSPS) is 13.4. The van der Waals surface area contributed by atoms with Crippen molar-refractivity contribution in [1.82, 2.24) is 14.9 Å². The Balaban J connectivity index is 1.61. The molecule has 0 atom stereocenters. The van der Waals surface area contributed by atoms with Crippen molar-refractivity contribution in [3.63, 3.8) is 0 Å². The second-order valence-corrected chi connectivity index (χ2v) is 7.83. The van der Waals surface area contributed by atoms with Crippen LogP contribution in [-0.4, -0.2) is 16.1 Å². The topological polar surface area (TPSA) is 55.9 Å². The average Bonchev–Trinajstić information content (AvgIpc) is 3.08. The molecule has 2 aromatic heterocycles. The van der Waals surface area contributed by atoms with Gasteiger partial charge < -0.3 is 15.6 Å². The number of aromatic nitrogens is 2. The smallest absolute Gasteiger partial charge is 0.143 e. The molecule has 0 saturated carbocycles. The quantitative estimate of drug-likeness (QED) is 0.484. The molecule has 2 aromatic carbocycles. The minimum Gasteiger partial charge on any atom is -0.385 e. The SMILES string of the molecule is Cn1cc(-c2ccc3cc(Cc4cc(F)cc(F)c4)ncc3c2F)c2c1=C(F)CNC=2N. The number of pyridine rings is 1. The first kappa shape index (κ1) is 20.1. The van der Waals surface area contributed by atoms with Crippen LogP contribution < -0.4 is 21.6 Å². The third-order valence-corrected chi connectivity index (χ3v) is 5.63. The van der Waals surface area contributed by atoms with Gasteiger partial charge in [0.25, 0.3) is 0 Å². The van der Waals surface area contributed by atoms with E-state index in [2.05, 4.69) is 10.3 Å². The Hall–Kier alpha value is -3.81. The number of hydrogen-bond acceptors (Lipinski definition) is 3. The van der Waals surface area contributed by atoms with Crippen molar-refractivity contribution in [2.24, 2.45) is 12.8 Å². The van der Waals surface area contributed by atoms with E-state index in [9.17, 15) is 13.2 Å². The summed E-state index contributed by atoms with van der Waals surface area (Å²) in [7, 11) is 1.68. The summed E-state index contributed by atoms with van der Waals surface area (Å²) < 4.78 is 58.4. The molecule has 3 heterocycles. The predicted octanol–water partition coefficient (Wildman–Crippen LogP) is 2.95. The van der Waals surface area contributed by atoms with Crippen LogP contribution in [0.2, 0.25) is 0 Å². The fourth-order valence-corrected chi connectivity index (χ4v) is 4.23. The molecule has 0 bridgehead atoms. The molecule has 4 nitrogen and oxygen atoms in total. The molecule has 1 aliphatic rings. The molecule has 32 heavy (non-hydrogen) atoms. The number of fused-ring (bicyclic) bond motifs is 2. The molecule has 3 N–H and O–H groups in total.